The largest absolute Gasteiger partial charge is 0.573 e. The number of nitriles is 1. The van der Waals surface area contributed by atoms with E-state index < -0.39 is 12.1 Å². The predicted octanol–water partition coefficient (Wildman–Crippen LogP) is 2.87. The Kier molecular flexibility index (Phi) is 3.92. The van der Waals surface area contributed by atoms with Crippen LogP contribution in [0.5, 0.6) is 5.75 Å². The van der Waals surface area contributed by atoms with E-state index in [9.17, 15) is 13.2 Å². The van der Waals surface area contributed by atoms with Crippen molar-refractivity contribution in [2.24, 2.45) is 0 Å². The molecule has 25 heavy (non-hydrogen) atoms. The molecular formula is C15H10F3N5O2. The number of nitrogens with zero attached hydrogens (tertiary/aromatic N) is 4. The number of aromatic nitrogens is 3. The number of halogens is 3. The lowest BCUT2D eigenvalue weighted by Gasteiger charge is -2.12. The van der Waals surface area contributed by atoms with Crippen LogP contribution in [0, 0.1) is 18.3 Å². The van der Waals surface area contributed by atoms with E-state index in [0.29, 0.717) is 28.0 Å². The number of aryl methyl sites for hydroxylation is 1. The molecule has 0 bridgehead atoms. The van der Waals surface area contributed by atoms with Crippen molar-refractivity contribution in [2.45, 2.75) is 19.7 Å². The second kappa shape index (κ2) is 5.94. The summed E-state index contributed by atoms with van der Waals surface area (Å²) in [5.41, 5.74) is 8.48. The van der Waals surface area contributed by atoms with Crippen LogP contribution < -0.4 is 10.5 Å². The zero-order valence-corrected chi connectivity index (χ0v) is 12.8. The van der Waals surface area contributed by atoms with Gasteiger partial charge in [-0.15, -0.1) is 13.2 Å². The molecule has 2 N–H and O–H groups in total. The highest BCUT2D eigenvalue weighted by atomic mass is 19.4. The van der Waals surface area contributed by atoms with Crippen LogP contribution >= 0.6 is 0 Å². The molecule has 128 valence electrons. The maximum atomic E-state index is 12.4. The summed E-state index contributed by atoms with van der Waals surface area (Å²) >= 11 is 0. The fourth-order valence-corrected chi connectivity index (χ4v) is 2.41. The van der Waals surface area contributed by atoms with E-state index >= 15 is 0 Å². The second-order valence-electron chi connectivity index (χ2n) is 5.19. The predicted molar refractivity (Wildman–Crippen MR) is 79.4 cm³/mol. The van der Waals surface area contributed by atoms with E-state index in [-0.39, 0.29) is 17.6 Å². The summed E-state index contributed by atoms with van der Waals surface area (Å²) in [6, 6.07) is 5.52. The Hall–Kier alpha value is -3.35. The summed E-state index contributed by atoms with van der Waals surface area (Å²) in [6.07, 6.45) is -4.63. The van der Waals surface area contributed by atoms with E-state index in [1.54, 1.807) is 13.0 Å². The fraction of sp³-hybridized carbons (Fsp3) is 0.200. The average Bonchev–Trinajstić information content (AvgIpc) is 2.99. The Balaban J connectivity index is 1.98. The molecule has 0 spiro atoms. The van der Waals surface area contributed by atoms with Crippen molar-refractivity contribution in [1.82, 2.24) is 15.3 Å². The Morgan fingerprint density at radius 2 is 2.08 bits per heavy atom. The van der Waals surface area contributed by atoms with Crippen LogP contribution in [0.15, 0.2) is 22.8 Å². The Bertz CT molecular complexity index is 991. The SMILES string of the molecule is Cc1nc2nonc2c(N)c1Cc1ccc(OC(F)(F)F)c(C#N)c1. The van der Waals surface area contributed by atoms with Gasteiger partial charge in [0.1, 0.15) is 11.8 Å². The number of anilines is 1. The van der Waals surface area contributed by atoms with Gasteiger partial charge in [-0.1, -0.05) is 6.07 Å². The minimum atomic E-state index is -4.87. The molecule has 0 saturated heterocycles. The van der Waals surface area contributed by atoms with Gasteiger partial charge >= 0.3 is 6.36 Å². The maximum Gasteiger partial charge on any atom is 0.573 e. The third-order valence-corrected chi connectivity index (χ3v) is 3.53. The standard InChI is InChI=1S/C15H10F3N5O2/c1-7-10(12(20)13-14(21-7)23-25-22-13)5-8-2-3-11(9(4-8)6-19)24-15(16,17)18/h2-4H,5,20H2,1H3. The monoisotopic (exact) mass is 349 g/mol. The first-order valence-electron chi connectivity index (χ1n) is 6.94. The number of hydrogen-bond acceptors (Lipinski definition) is 7. The summed E-state index contributed by atoms with van der Waals surface area (Å²) in [5.74, 6) is -0.558. The van der Waals surface area contributed by atoms with Gasteiger partial charge in [0.05, 0.1) is 11.3 Å². The molecule has 3 rings (SSSR count). The third kappa shape index (κ3) is 3.30. The minimum absolute atomic E-state index is 0.233. The van der Waals surface area contributed by atoms with Gasteiger partial charge in [0.25, 0.3) is 0 Å². The first-order chi connectivity index (χ1) is 11.8. The maximum absolute atomic E-state index is 12.4. The van der Waals surface area contributed by atoms with E-state index in [1.807, 2.05) is 0 Å². The molecule has 0 amide bonds. The number of pyridine rings is 1. The highest BCUT2D eigenvalue weighted by Crippen LogP contribution is 2.29. The molecule has 10 heteroatoms. The summed E-state index contributed by atoms with van der Waals surface area (Å²) in [4.78, 5) is 4.22. The number of benzene rings is 1. The lowest BCUT2D eigenvalue weighted by molar-refractivity contribution is -0.274. The summed E-state index contributed by atoms with van der Waals surface area (Å²) in [6.45, 7) is 1.71. The second-order valence-corrected chi connectivity index (χ2v) is 5.19. The van der Waals surface area contributed by atoms with Crippen LogP contribution in [0.25, 0.3) is 11.2 Å². The molecule has 0 fully saturated rings. The Labute approximate surface area is 138 Å². The van der Waals surface area contributed by atoms with Gasteiger partial charge in [-0.25, -0.2) is 9.61 Å². The van der Waals surface area contributed by atoms with E-state index in [0.717, 1.165) is 6.07 Å². The molecule has 2 heterocycles. The van der Waals surface area contributed by atoms with Gasteiger partial charge in [-0.05, 0) is 34.9 Å². The van der Waals surface area contributed by atoms with Crippen molar-refractivity contribution < 1.29 is 22.5 Å². The van der Waals surface area contributed by atoms with Crippen LogP contribution in [0.2, 0.25) is 0 Å². The summed E-state index contributed by atoms with van der Waals surface area (Å²) < 4.78 is 45.5. The summed E-state index contributed by atoms with van der Waals surface area (Å²) in [7, 11) is 0. The van der Waals surface area contributed by atoms with Crippen molar-refractivity contribution >= 4 is 16.9 Å². The fourth-order valence-electron chi connectivity index (χ4n) is 2.41. The number of nitrogen functional groups attached to an aromatic ring is 1. The minimum Gasteiger partial charge on any atom is -0.404 e. The molecular weight excluding hydrogens is 339 g/mol. The van der Waals surface area contributed by atoms with Crippen molar-refractivity contribution in [2.75, 3.05) is 5.73 Å². The first-order valence-corrected chi connectivity index (χ1v) is 6.94. The molecule has 0 aliphatic heterocycles. The van der Waals surface area contributed by atoms with Crippen molar-refractivity contribution in [3.05, 3.63) is 40.6 Å². The lowest BCUT2D eigenvalue weighted by atomic mass is 10.00. The Morgan fingerprint density at radius 3 is 2.76 bits per heavy atom. The summed E-state index contributed by atoms with van der Waals surface area (Å²) in [5, 5.41) is 16.4. The molecule has 0 atom stereocenters. The van der Waals surface area contributed by atoms with Crippen molar-refractivity contribution in [3.63, 3.8) is 0 Å². The van der Waals surface area contributed by atoms with Crippen molar-refractivity contribution in [1.29, 1.82) is 5.26 Å². The number of hydrogen-bond donors (Lipinski definition) is 1. The molecule has 0 aliphatic rings. The van der Waals surface area contributed by atoms with Crippen molar-refractivity contribution in [3.8, 4) is 11.8 Å². The third-order valence-electron chi connectivity index (χ3n) is 3.53. The molecule has 3 aromatic rings. The lowest BCUT2D eigenvalue weighted by Crippen LogP contribution is -2.18. The highest BCUT2D eigenvalue weighted by Gasteiger charge is 2.32. The van der Waals surface area contributed by atoms with Gasteiger partial charge in [0.2, 0.25) is 5.65 Å². The first kappa shape index (κ1) is 16.5. The number of ether oxygens (including phenoxy) is 1. The van der Waals surface area contributed by atoms with Crippen LogP contribution in [-0.2, 0) is 6.42 Å². The normalized spacial score (nSPS) is 11.5. The van der Waals surface area contributed by atoms with Crippen LogP contribution in [-0.4, -0.2) is 21.7 Å². The molecule has 2 aromatic heterocycles. The zero-order valence-electron chi connectivity index (χ0n) is 12.8. The van der Waals surface area contributed by atoms with Gasteiger partial charge in [0, 0.05) is 17.7 Å². The topological polar surface area (TPSA) is 111 Å². The quantitative estimate of drug-likeness (QED) is 0.774. The number of fused-ring (bicyclic) bond motifs is 1. The van der Waals surface area contributed by atoms with Gasteiger partial charge in [-0.2, -0.15) is 5.26 Å². The van der Waals surface area contributed by atoms with Crippen LogP contribution in [0.3, 0.4) is 0 Å². The average molecular weight is 349 g/mol. The number of nitrogens with two attached hydrogens (primary N) is 1. The number of rotatable bonds is 3. The van der Waals surface area contributed by atoms with Crippen LogP contribution in [0.1, 0.15) is 22.4 Å². The van der Waals surface area contributed by atoms with Gasteiger partial charge in [0.15, 0.2) is 5.52 Å². The molecule has 0 saturated carbocycles. The molecule has 0 radical (unpaired) electrons. The van der Waals surface area contributed by atoms with E-state index in [2.05, 4.69) is 24.7 Å². The molecule has 0 aliphatic carbocycles. The molecule has 1 aromatic carbocycles. The molecule has 7 nitrogen and oxygen atoms in total. The van der Waals surface area contributed by atoms with E-state index in [4.69, 9.17) is 11.0 Å². The van der Waals surface area contributed by atoms with Crippen LogP contribution in [0.4, 0.5) is 18.9 Å². The van der Waals surface area contributed by atoms with Gasteiger partial charge < -0.3 is 10.5 Å². The highest BCUT2D eigenvalue weighted by molar-refractivity contribution is 5.85. The number of alkyl halides is 3. The zero-order chi connectivity index (χ0) is 18.2. The van der Waals surface area contributed by atoms with Gasteiger partial charge in [-0.3, -0.25) is 0 Å². The Morgan fingerprint density at radius 1 is 1.32 bits per heavy atom. The van der Waals surface area contributed by atoms with E-state index in [1.165, 1.54) is 12.1 Å². The smallest absolute Gasteiger partial charge is 0.404 e. The molecule has 0 unspecified atom stereocenters.